The van der Waals surface area contributed by atoms with E-state index in [-0.39, 0.29) is 0 Å². The number of hydrogen-bond donors (Lipinski definition) is 1. The number of benzene rings is 2. The van der Waals surface area contributed by atoms with E-state index >= 15 is 0 Å². The monoisotopic (exact) mass is 292 g/mol. The van der Waals surface area contributed by atoms with Gasteiger partial charge in [-0.05, 0) is 49.2 Å². The topological polar surface area (TPSA) is 38.7 Å². The van der Waals surface area contributed by atoms with E-state index in [1.54, 1.807) is 32.2 Å². The first kappa shape index (κ1) is 14.7. The van der Waals surface area contributed by atoms with Crippen molar-refractivity contribution >= 4 is 11.6 Å². The molecular formula is C16H17ClO3. The standard InChI is InChI=1S/C16H17ClO3/c1-10-4-7-15(16(8-10)19-3)20-12-5-6-13(11(2)18)14(17)9-12/h4-9,11,18H,1-3H3. The van der Waals surface area contributed by atoms with E-state index < -0.39 is 6.10 Å². The summed E-state index contributed by atoms with van der Waals surface area (Å²) in [6, 6.07) is 10.9. The zero-order chi connectivity index (χ0) is 14.7. The van der Waals surface area contributed by atoms with Gasteiger partial charge in [-0.1, -0.05) is 23.7 Å². The minimum atomic E-state index is -0.606. The predicted molar refractivity (Wildman–Crippen MR) is 79.9 cm³/mol. The van der Waals surface area contributed by atoms with Crippen LogP contribution in [-0.2, 0) is 0 Å². The van der Waals surface area contributed by atoms with Crippen LogP contribution in [0.1, 0.15) is 24.2 Å². The lowest BCUT2D eigenvalue weighted by Gasteiger charge is -2.13. The van der Waals surface area contributed by atoms with Gasteiger partial charge in [-0.3, -0.25) is 0 Å². The molecule has 1 unspecified atom stereocenters. The van der Waals surface area contributed by atoms with Crippen molar-refractivity contribution < 1.29 is 14.6 Å². The Balaban J connectivity index is 2.28. The van der Waals surface area contributed by atoms with Gasteiger partial charge in [-0.25, -0.2) is 0 Å². The van der Waals surface area contributed by atoms with Gasteiger partial charge in [0.05, 0.1) is 18.2 Å². The molecule has 3 nitrogen and oxygen atoms in total. The van der Waals surface area contributed by atoms with E-state index in [0.29, 0.717) is 27.8 Å². The van der Waals surface area contributed by atoms with E-state index in [1.165, 1.54) is 0 Å². The summed E-state index contributed by atoms with van der Waals surface area (Å²) in [5.41, 5.74) is 1.77. The predicted octanol–water partition coefficient (Wildman–Crippen LogP) is 4.50. The Morgan fingerprint density at radius 3 is 2.45 bits per heavy atom. The van der Waals surface area contributed by atoms with Crippen LogP contribution < -0.4 is 9.47 Å². The van der Waals surface area contributed by atoms with Crippen molar-refractivity contribution in [2.75, 3.05) is 7.11 Å². The molecule has 106 valence electrons. The average molecular weight is 293 g/mol. The molecule has 0 aliphatic carbocycles. The minimum absolute atomic E-state index is 0.476. The van der Waals surface area contributed by atoms with Crippen LogP contribution in [0.4, 0.5) is 0 Å². The molecule has 0 fully saturated rings. The van der Waals surface area contributed by atoms with E-state index in [0.717, 1.165) is 5.56 Å². The van der Waals surface area contributed by atoms with Crippen LogP contribution in [-0.4, -0.2) is 12.2 Å². The van der Waals surface area contributed by atoms with E-state index in [4.69, 9.17) is 21.1 Å². The maximum atomic E-state index is 9.55. The van der Waals surface area contributed by atoms with Gasteiger partial charge in [0.15, 0.2) is 11.5 Å². The molecule has 0 bridgehead atoms. The van der Waals surface area contributed by atoms with Crippen molar-refractivity contribution in [2.45, 2.75) is 20.0 Å². The van der Waals surface area contributed by atoms with Gasteiger partial charge in [0.1, 0.15) is 5.75 Å². The van der Waals surface area contributed by atoms with Gasteiger partial charge < -0.3 is 14.6 Å². The quantitative estimate of drug-likeness (QED) is 0.901. The zero-order valence-electron chi connectivity index (χ0n) is 11.7. The third kappa shape index (κ3) is 3.24. The van der Waals surface area contributed by atoms with Gasteiger partial charge in [0, 0.05) is 0 Å². The summed E-state index contributed by atoms with van der Waals surface area (Å²) in [7, 11) is 1.60. The molecule has 0 spiro atoms. The molecule has 2 aromatic carbocycles. The second-order valence-corrected chi connectivity index (χ2v) is 5.02. The van der Waals surface area contributed by atoms with Crippen LogP contribution in [0, 0.1) is 6.92 Å². The number of ether oxygens (including phenoxy) is 2. The second kappa shape index (κ2) is 6.16. The van der Waals surface area contributed by atoms with Crippen LogP contribution in [0.2, 0.25) is 5.02 Å². The fourth-order valence-electron chi connectivity index (χ4n) is 1.90. The molecule has 1 N–H and O–H groups in total. The van der Waals surface area contributed by atoms with E-state index in [2.05, 4.69) is 0 Å². The highest BCUT2D eigenvalue weighted by Crippen LogP contribution is 2.34. The van der Waals surface area contributed by atoms with E-state index in [9.17, 15) is 5.11 Å². The molecule has 20 heavy (non-hydrogen) atoms. The lowest BCUT2D eigenvalue weighted by molar-refractivity contribution is 0.199. The van der Waals surface area contributed by atoms with Crippen LogP contribution >= 0.6 is 11.6 Å². The van der Waals surface area contributed by atoms with Gasteiger partial charge >= 0.3 is 0 Å². The zero-order valence-corrected chi connectivity index (χ0v) is 12.4. The highest BCUT2D eigenvalue weighted by atomic mass is 35.5. The van der Waals surface area contributed by atoms with Crippen molar-refractivity contribution in [2.24, 2.45) is 0 Å². The first-order valence-electron chi connectivity index (χ1n) is 6.31. The summed E-state index contributed by atoms with van der Waals surface area (Å²) in [5, 5.41) is 10.0. The maximum absolute atomic E-state index is 9.55. The highest BCUT2D eigenvalue weighted by molar-refractivity contribution is 6.31. The molecular weight excluding hydrogens is 276 g/mol. The highest BCUT2D eigenvalue weighted by Gasteiger charge is 2.10. The molecule has 0 aliphatic rings. The first-order chi connectivity index (χ1) is 9.51. The molecule has 0 aromatic heterocycles. The number of aliphatic hydroxyl groups is 1. The molecule has 0 heterocycles. The summed E-state index contributed by atoms with van der Waals surface area (Å²) >= 11 is 6.12. The molecule has 2 aromatic rings. The largest absolute Gasteiger partial charge is 0.493 e. The Kier molecular flexibility index (Phi) is 4.53. The van der Waals surface area contributed by atoms with Crippen molar-refractivity contribution in [3.63, 3.8) is 0 Å². The van der Waals surface area contributed by atoms with Crippen molar-refractivity contribution in [3.05, 3.63) is 52.5 Å². The summed E-state index contributed by atoms with van der Waals surface area (Å²) in [5.74, 6) is 1.89. The Morgan fingerprint density at radius 1 is 1.10 bits per heavy atom. The first-order valence-corrected chi connectivity index (χ1v) is 6.69. The Morgan fingerprint density at radius 2 is 1.85 bits per heavy atom. The average Bonchev–Trinajstić information content (AvgIpc) is 2.40. The summed E-state index contributed by atoms with van der Waals surface area (Å²) < 4.78 is 11.1. The fraction of sp³-hybridized carbons (Fsp3) is 0.250. The third-order valence-electron chi connectivity index (χ3n) is 2.97. The van der Waals surface area contributed by atoms with Crippen LogP contribution in [0.5, 0.6) is 17.2 Å². The number of aliphatic hydroxyl groups excluding tert-OH is 1. The lowest BCUT2D eigenvalue weighted by Crippen LogP contribution is -1.94. The maximum Gasteiger partial charge on any atom is 0.169 e. The van der Waals surface area contributed by atoms with Crippen molar-refractivity contribution in [3.8, 4) is 17.2 Å². The second-order valence-electron chi connectivity index (χ2n) is 4.62. The third-order valence-corrected chi connectivity index (χ3v) is 3.30. The Bertz CT molecular complexity index is 609. The van der Waals surface area contributed by atoms with Crippen LogP contribution in [0.15, 0.2) is 36.4 Å². The Labute approximate surface area is 123 Å². The summed E-state index contributed by atoms with van der Waals surface area (Å²) in [4.78, 5) is 0. The molecule has 0 amide bonds. The molecule has 4 heteroatoms. The van der Waals surface area contributed by atoms with Crippen molar-refractivity contribution in [1.29, 1.82) is 0 Å². The smallest absolute Gasteiger partial charge is 0.169 e. The fourth-order valence-corrected chi connectivity index (χ4v) is 2.22. The van der Waals surface area contributed by atoms with Gasteiger partial charge in [0.2, 0.25) is 0 Å². The molecule has 0 radical (unpaired) electrons. The molecule has 0 aliphatic heterocycles. The summed E-state index contributed by atoms with van der Waals surface area (Å²) in [6.07, 6.45) is -0.606. The van der Waals surface area contributed by atoms with Crippen LogP contribution in [0.25, 0.3) is 0 Å². The number of methoxy groups -OCH3 is 1. The van der Waals surface area contributed by atoms with Crippen LogP contribution in [0.3, 0.4) is 0 Å². The molecule has 0 saturated heterocycles. The number of halogens is 1. The minimum Gasteiger partial charge on any atom is -0.493 e. The van der Waals surface area contributed by atoms with E-state index in [1.807, 2.05) is 25.1 Å². The number of aryl methyl sites for hydroxylation is 1. The van der Waals surface area contributed by atoms with Gasteiger partial charge in [-0.2, -0.15) is 0 Å². The Hall–Kier alpha value is -1.71. The van der Waals surface area contributed by atoms with Gasteiger partial charge in [0.25, 0.3) is 0 Å². The number of rotatable bonds is 4. The lowest BCUT2D eigenvalue weighted by atomic mass is 10.1. The normalized spacial score (nSPS) is 12.1. The van der Waals surface area contributed by atoms with Gasteiger partial charge in [-0.15, -0.1) is 0 Å². The molecule has 0 saturated carbocycles. The molecule has 2 rings (SSSR count). The summed E-state index contributed by atoms with van der Waals surface area (Å²) in [6.45, 7) is 3.66. The SMILES string of the molecule is COc1cc(C)ccc1Oc1ccc(C(C)O)c(Cl)c1. The van der Waals surface area contributed by atoms with Crippen molar-refractivity contribution in [1.82, 2.24) is 0 Å². The number of hydrogen-bond acceptors (Lipinski definition) is 3. The molecule has 1 atom stereocenters.